The summed E-state index contributed by atoms with van der Waals surface area (Å²) < 4.78 is 11.6. The first kappa shape index (κ1) is 26.9. The van der Waals surface area contributed by atoms with Gasteiger partial charge in [-0.15, -0.1) is 0 Å². The number of aryl methyl sites for hydroxylation is 1. The summed E-state index contributed by atoms with van der Waals surface area (Å²) in [6.07, 6.45) is 0.679. The van der Waals surface area contributed by atoms with Gasteiger partial charge < -0.3 is 24.4 Å². The summed E-state index contributed by atoms with van der Waals surface area (Å²) in [5.41, 5.74) is 2.04. The lowest BCUT2D eigenvalue weighted by Gasteiger charge is -2.26. The number of likely N-dealkylation sites (tertiary alicyclic amines) is 1. The Balaban J connectivity index is 1.78. The van der Waals surface area contributed by atoms with Crippen molar-refractivity contribution in [2.45, 2.75) is 26.3 Å². The molecule has 198 valence electrons. The fourth-order valence-corrected chi connectivity index (χ4v) is 4.66. The molecule has 1 aliphatic heterocycles. The van der Waals surface area contributed by atoms with E-state index < -0.39 is 17.7 Å². The van der Waals surface area contributed by atoms with Crippen LogP contribution in [0, 0.1) is 6.92 Å². The van der Waals surface area contributed by atoms with Crippen molar-refractivity contribution < 1.29 is 24.2 Å². The summed E-state index contributed by atoms with van der Waals surface area (Å²) in [6.45, 7) is 5.43. The van der Waals surface area contributed by atoms with Crippen LogP contribution in [-0.2, 0) is 9.59 Å². The van der Waals surface area contributed by atoms with Gasteiger partial charge in [0.05, 0.1) is 18.2 Å². The molecule has 1 atom stereocenters. The van der Waals surface area contributed by atoms with Gasteiger partial charge in [-0.2, -0.15) is 0 Å². The highest BCUT2D eigenvalue weighted by Crippen LogP contribution is 2.41. The SMILES string of the molecule is CCOc1ccc(/C(O)=C2\C(=O)C(=O)N(CCCN(C)C)C2c2cccc(Oc3ccccc3)c2)cc1C. The van der Waals surface area contributed by atoms with Gasteiger partial charge in [0.1, 0.15) is 23.0 Å². The summed E-state index contributed by atoms with van der Waals surface area (Å²) in [6, 6.07) is 21.2. The summed E-state index contributed by atoms with van der Waals surface area (Å²) in [5, 5.41) is 11.4. The van der Waals surface area contributed by atoms with Gasteiger partial charge in [-0.1, -0.05) is 30.3 Å². The van der Waals surface area contributed by atoms with Crippen LogP contribution >= 0.6 is 0 Å². The van der Waals surface area contributed by atoms with Crippen molar-refractivity contribution in [2.75, 3.05) is 33.8 Å². The largest absolute Gasteiger partial charge is 0.507 e. The van der Waals surface area contributed by atoms with Crippen LogP contribution < -0.4 is 9.47 Å². The van der Waals surface area contributed by atoms with Gasteiger partial charge in [0.25, 0.3) is 11.7 Å². The van der Waals surface area contributed by atoms with Crippen LogP contribution in [0.15, 0.2) is 78.4 Å². The van der Waals surface area contributed by atoms with Crippen LogP contribution in [0.2, 0.25) is 0 Å². The van der Waals surface area contributed by atoms with Gasteiger partial charge in [0.15, 0.2) is 0 Å². The molecule has 0 aromatic heterocycles. The number of ketones is 1. The number of benzene rings is 3. The number of carbonyl (C=O) groups excluding carboxylic acids is 2. The second-order valence-electron chi connectivity index (χ2n) is 9.55. The van der Waals surface area contributed by atoms with Crippen molar-refractivity contribution in [2.24, 2.45) is 0 Å². The topological polar surface area (TPSA) is 79.3 Å². The second kappa shape index (κ2) is 12.0. The second-order valence-corrected chi connectivity index (χ2v) is 9.55. The Morgan fingerprint density at radius 3 is 2.39 bits per heavy atom. The Hall–Kier alpha value is -4.10. The zero-order valence-corrected chi connectivity index (χ0v) is 22.3. The smallest absolute Gasteiger partial charge is 0.295 e. The molecule has 0 bridgehead atoms. The summed E-state index contributed by atoms with van der Waals surface area (Å²) in [7, 11) is 3.93. The average Bonchev–Trinajstić information content (AvgIpc) is 3.15. The van der Waals surface area contributed by atoms with E-state index in [0.717, 1.165) is 12.1 Å². The number of rotatable bonds is 10. The number of nitrogens with zero attached hydrogens (tertiary/aromatic N) is 2. The molecule has 0 saturated carbocycles. The molecule has 1 aliphatic rings. The molecule has 3 aromatic rings. The van der Waals surface area contributed by atoms with E-state index in [1.54, 1.807) is 23.1 Å². The minimum absolute atomic E-state index is 0.0697. The molecule has 0 spiro atoms. The minimum Gasteiger partial charge on any atom is -0.507 e. The minimum atomic E-state index is -0.747. The molecule has 1 saturated heterocycles. The number of para-hydroxylation sites is 1. The predicted molar refractivity (Wildman–Crippen MR) is 147 cm³/mol. The molecular formula is C31H34N2O5. The third-order valence-corrected chi connectivity index (χ3v) is 6.45. The molecule has 1 amide bonds. The van der Waals surface area contributed by atoms with Crippen LogP contribution in [0.25, 0.3) is 5.76 Å². The first-order valence-electron chi connectivity index (χ1n) is 12.8. The summed E-state index contributed by atoms with van der Waals surface area (Å²) in [5.74, 6) is 0.434. The molecule has 7 nitrogen and oxygen atoms in total. The molecule has 1 fully saturated rings. The first-order chi connectivity index (χ1) is 18.3. The van der Waals surface area contributed by atoms with Gasteiger partial charge in [0.2, 0.25) is 0 Å². The van der Waals surface area contributed by atoms with E-state index >= 15 is 0 Å². The Kier molecular flexibility index (Phi) is 8.48. The maximum atomic E-state index is 13.4. The van der Waals surface area contributed by atoms with Crippen molar-refractivity contribution in [1.29, 1.82) is 0 Å². The average molecular weight is 515 g/mol. The number of ether oxygens (including phenoxy) is 2. The zero-order chi connectivity index (χ0) is 27.2. The van der Waals surface area contributed by atoms with E-state index in [1.165, 1.54) is 0 Å². The number of hydrogen-bond donors (Lipinski definition) is 1. The summed E-state index contributed by atoms with van der Waals surface area (Å²) in [4.78, 5) is 30.2. The number of carbonyl (C=O) groups is 2. The monoisotopic (exact) mass is 514 g/mol. The fourth-order valence-electron chi connectivity index (χ4n) is 4.66. The van der Waals surface area contributed by atoms with Gasteiger partial charge in [-0.3, -0.25) is 9.59 Å². The number of Topliss-reactive ketones (excluding diaryl/α,β-unsaturated/α-hetero) is 1. The molecular weight excluding hydrogens is 480 g/mol. The lowest BCUT2D eigenvalue weighted by atomic mass is 9.94. The number of aliphatic hydroxyl groups is 1. The molecule has 3 aromatic carbocycles. The lowest BCUT2D eigenvalue weighted by Crippen LogP contribution is -2.32. The molecule has 4 rings (SSSR count). The standard InChI is InChI=1S/C31H34N2O5/c1-5-37-26-16-15-23(19-21(26)2)29(34)27-28(33(31(36)30(27)35)18-10-17-32(3)4)22-11-9-14-25(20-22)38-24-12-7-6-8-13-24/h6-9,11-16,19-20,28,34H,5,10,17-18H2,1-4H3/b29-27+. The van der Waals surface area contributed by atoms with Crippen LogP contribution in [0.5, 0.6) is 17.2 Å². The van der Waals surface area contributed by atoms with Crippen LogP contribution in [0.4, 0.5) is 0 Å². The van der Waals surface area contributed by atoms with E-state index in [4.69, 9.17) is 9.47 Å². The van der Waals surface area contributed by atoms with Crippen LogP contribution in [0.3, 0.4) is 0 Å². The number of amides is 1. The third kappa shape index (κ3) is 5.89. The molecule has 0 aliphatic carbocycles. The van der Waals surface area contributed by atoms with E-state index in [0.29, 0.717) is 47.9 Å². The molecule has 7 heteroatoms. The Bertz CT molecular complexity index is 1330. The predicted octanol–water partition coefficient (Wildman–Crippen LogP) is 5.56. The molecule has 0 radical (unpaired) electrons. The molecule has 1 N–H and O–H groups in total. The van der Waals surface area contributed by atoms with Crippen molar-refractivity contribution in [3.05, 3.63) is 95.1 Å². The maximum Gasteiger partial charge on any atom is 0.295 e. The van der Waals surface area contributed by atoms with E-state index in [1.807, 2.05) is 87.4 Å². The highest BCUT2D eigenvalue weighted by Gasteiger charge is 2.46. The van der Waals surface area contributed by atoms with Crippen molar-refractivity contribution in [3.8, 4) is 17.2 Å². The highest BCUT2D eigenvalue weighted by molar-refractivity contribution is 6.46. The van der Waals surface area contributed by atoms with E-state index in [9.17, 15) is 14.7 Å². The van der Waals surface area contributed by atoms with E-state index in [-0.39, 0.29) is 11.3 Å². The molecule has 1 unspecified atom stereocenters. The van der Waals surface area contributed by atoms with Crippen molar-refractivity contribution >= 4 is 17.4 Å². The van der Waals surface area contributed by atoms with Crippen molar-refractivity contribution in [3.63, 3.8) is 0 Å². The maximum absolute atomic E-state index is 13.4. The lowest BCUT2D eigenvalue weighted by molar-refractivity contribution is -0.139. The van der Waals surface area contributed by atoms with Crippen LogP contribution in [-0.4, -0.2) is 60.4 Å². The summed E-state index contributed by atoms with van der Waals surface area (Å²) >= 11 is 0. The van der Waals surface area contributed by atoms with Gasteiger partial charge >= 0.3 is 0 Å². The van der Waals surface area contributed by atoms with Gasteiger partial charge in [-0.05, 0) is 94.5 Å². The van der Waals surface area contributed by atoms with Gasteiger partial charge in [0, 0.05) is 12.1 Å². The van der Waals surface area contributed by atoms with Crippen molar-refractivity contribution in [1.82, 2.24) is 9.80 Å². The first-order valence-corrected chi connectivity index (χ1v) is 12.8. The van der Waals surface area contributed by atoms with Crippen LogP contribution in [0.1, 0.15) is 36.1 Å². The molecule has 38 heavy (non-hydrogen) atoms. The van der Waals surface area contributed by atoms with Gasteiger partial charge in [-0.25, -0.2) is 0 Å². The normalized spacial score (nSPS) is 16.8. The zero-order valence-electron chi connectivity index (χ0n) is 22.3. The fraction of sp³-hybridized carbons (Fsp3) is 0.290. The number of aliphatic hydroxyl groups excluding tert-OH is 1. The number of hydrogen-bond acceptors (Lipinski definition) is 6. The Morgan fingerprint density at radius 1 is 0.974 bits per heavy atom. The highest BCUT2D eigenvalue weighted by atomic mass is 16.5. The van der Waals surface area contributed by atoms with E-state index in [2.05, 4.69) is 0 Å². The quantitative estimate of drug-likeness (QED) is 0.217. The Morgan fingerprint density at radius 2 is 1.71 bits per heavy atom. The third-order valence-electron chi connectivity index (χ3n) is 6.45. The molecule has 1 heterocycles. The Labute approximate surface area is 223 Å².